The molecule has 0 bridgehead atoms. The number of amides is 1. The molecule has 0 saturated heterocycles. The SMILES string of the molecule is C/C(=N\NC(=O)c1ccccc1[N+](=O)[O-])c1ccc(C)cc1C. The molecule has 0 fully saturated rings. The van der Waals surface area contributed by atoms with Crippen LogP contribution in [0.3, 0.4) is 0 Å². The first-order chi connectivity index (χ1) is 10.9. The minimum atomic E-state index is -0.610. The van der Waals surface area contributed by atoms with Gasteiger partial charge in [-0.1, -0.05) is 35.9 Å². The summed E-state index contributed by atoms with van der Waals surface area (Å²) in [6.45, 7) is 5.74. The Morgan fingerprint density at radius 1 is 1.13 bits per heavy atom. The number of para-hydroxylation sites is 1. The van der Waals surface area contributed by atoms with E-state index in [1.54, 1.807) is 13.0 Å². The maximum absolute atomic E-state index is 12.1. The molecule has 1 N–H and O–H groups in total. The fourth-order valence-electron chi connectivity index (χ4n) is 2.30. The molecule has 0 unspecified atom stereocenters. The highest BCUT2D eigenvalue weighted by Gasteiger charge is 2.18. The van der Waals surface area contributed by atoms with Crippen LogP contribution in [0, 0.1) is 24.0 Å². The van der Waals surface area contributed by atoms with E-state index in [-0.39, 0.29) is 11.3 Å². The molecule has 0 aliphatic carbocycles. The van der Waals surface area contributed by atoms with E-state index in [1.165, 1.54) is 18.2 Å². The summed E-state index contributed by atoms with van der Waals surface area (Å²) in [7, 11) is 0. The van der Waals surface area contributed by atoms with E-state index < -0.39 is 10.8 Å². The Hall–Kier alpha value is -3.02. The Morgan fingerprint density at radius 3 is 2.48 bits per heavy atom. The third-order valence-electron chi connectivity index (χ3n) is 3.44. The number of rotatable bonds is 4. The first-order valence-electron chi connectivity index (χ1n) is 7.06. The second-order valence-electron chi connectivity index (χ2n) is 5.23. The van der Waals surface area contributed by atoms with Crippen molar-refractivity contribution in [2.75, 3.05) is 0 Å². The normalized spacial score (nSPS) is 11.2. The van der Waals surface area contributed by atoms with E-state index in [0.29, 0.717) is 5.71 Å². The second-order valence-corrected chi connectivity index (χ2v) is 5.23. The zero-order chi connectivity index (χ0) is 17.0. The highest BCUT2D eigenvalue weighted by molar-refractivity contribution is 6.02. The van der Waals surface area contributed by atoms with Gasteiger partial charge in [-0.2, -0.15) is 5.10 Å². The van der Waals surface area contributed by atoms with Crippen molar-refractivity contribution < 1.29 is 9.72 Å². The topological polar surface area (TPSA) is 84.6 Å². The molecule has 0 atom stereocenters. The van der Waals surface area contributed by atoms with Crippen molar-refractivity contribution in [2.45, 2.75) is 20.8 Å². The largest absolute Gasteiger partial charge is 0.282 e. The number of hydrogen-bond donors (Lipinski definition) is 1. The Kier molecular flexibility index (Phi) is 4.85. The van der Waals surface area contributed by atoms with Gasteiger partial charge < -0.3 is 0 Å². The van der Waals surface area contributed by atoms with E-state index in [9.17, 15) is 14.9 Å². The van der Waals surface area contributed by atoms with Crippen molar-refractivity contribution in [3.05, 3.63) is 74.8 Å². The van der Waals surface area contributed by atoms with Crippen molar-refractivity contribution in [3.8, 4) is 0 Å². The van der Waals surface area contributed by atoms with Crippen LogP contribution in [-0.2, 0) is 0 Å². The number of carbonyl (C=O) groups excluding carboxylic acids is 1. The minimum absolute atomic E-state index is 0.0188. The second kappa shape index (κ2) is 6.83. The van der Waals surface area contributed by atoms with Crippen LogP contribution < -0.4 is 5.43 Å². The molecule has 6 heteroatoms. The maximum Gasteiger partial charge on any atom is 0.282 e. The van der Waals surface area contributed by atoms with Gasteiger partial charge >= 0.3 is 0 Å². The average Bonchev–Trinajstić information content (AvgIpc) is 2.52. The van der Waals surface area contributed by atoms with Crippen molar-refractivity contribution in [3.63, 3.8) is 0 Å². The molecule has 1 amide bonds. The molecule has 118 valence electrons. The van der Waals surface area contributed by atoms with Gasteiger partial charge in [-0.05, 0) is 32.4 Å². The molecule has 23 heavy (non-hydrogen) atoms. The summed E-state index contributed by atoms with van der Waals surface area (Å²) in [5, 5.41) is 15.0. The highest BCUT2D eigenvalue weighted by Crippen LogP contribution is 2.17. The molecular formula is C17H17N3O3. The van der Waals surface area contributed by atoms with Crippen LogP contribution in [-0.4, -0.2) is 16.5 Å². The fraction of sp³-hybridized carbons (Fsp3) is 0.176. The molecule has 2 rings (SSSR count). The quantitative estimate of drug-likeness (QED) is 0.533. The first-order valence-corrected chi connectivity index (χ1v) is 7.06. The van der Waals surface area contributed by atoms with Crippen molar-refractivity contribution in [1.29, 1.82) is 0 Å². The number of hydrogen-bond acceptors (Lipinski definition) is 4. The molecule has 0 spiro atoms. The van der Waals surface area contributed by atoms with Gasteiger partial charge in [0.05, 0.1) is 10.6 Å². The number of nitrogens with zero attached hydrogens (tertiary/aromatic N) is 2. The maximum atomic E-state index is 12.1. The summed E-state index contributed by atoms with van der Waals surface area (Å²) in [5.41, 5.74) is 5.85. The van der Waals surface area contributed by atoms with E-state index in [2.05, 4.69) is 10.5 Å². The van der Waals surface area contributed by atoms with Crippen molar-refractivity contribution in [1.82, 2.24) is 5.43 Å². The molecule has 0 aliphatic heterocycles. The molecule has 0 heterocycles. The fourth-order valence-corrected chi connectivity index (χ4v) is 2.30. The molecule has 0 aromatic heterocycles. The number of benzene rings is 2. The van der Waals surface area contributed by atoms with E-state index in [0.717, 1.165) is 16.7 Å². The predicted octanol–water partition coefficient (Wildman–Crippen LogP) is 3.37. The molecule has 0 saturated carbocycles. The number of nitrogens with one attached hydrogen (secondary N) is 1. The van der Waals surface area contributed by atoms with Crippen molar-refractivity contribution >= 4 is 17.3 Å². The predicted molar refractivity (Wildman–Crippen MR) is 88.7 cm³/mol. The zero-order valence-electron chi connectivity index (χ0n) is 13.2. The molecule has 6 nitrogen and oxygen atoms in total. The number of carbonyl (C=O) groups is 1. The van der Waals surface area contributed by atoms with Gasteiger partial charge in [0.15, 0.2) is 0 Å². The summed E-state index contributed by atoms with van der Waals surface area (Å²) >= 11 is 0. The van der Waals surface area contributed by atoms with Crippen LogP contribution in [0.15, 0.2) is 47.6 Å². The Bertz CT molecular complexity index is 797. The molecule has 0 radical (unpaired) electrons. The molecule has 2 aromatic carbocycles. The van der Waals surface area contributed by atoms with E-state index in [4.69, 9.17) is 0 Å². The standard InChI is InChI=1S/C17H17N3O3/c1-11-8-9-14(12(2)10-11)13(3)18-19-17(21)15-6-4-5-7-16(15)20(22)23/h4-10H,1-3H3,(H,19,21)/b18-13+. The average molecular weight is 311 g/mol. The molecule has 0 aliphatic rings. The van der Waals surface area contributed by atoms with Gasteiger partial charge in [-0.15, -0.1) is 0 Å². The van der Waals surface area contributed by atoms with Crippen LogP contribution >= 0.6 is 0 Å². The van der Waals surface area contributed by atoms with Gasteiger partial charge in [0.1, 0.15) is 5.56 Å². The number of nitro groups is 1. The minimum Gasteiger partial charge on any atom is -0.267 e. The van der Waals surface area contributed by atoms with Gasteiger partial charge in [0, 0.05) is 11.6 Å². The third kappa shape index (κ3) is 3.79. The summed E-state index contributed by atoms with van der Waals surface area (Å²) in [5.74, 6) is -0.610. The Morgan fingerprint density at radius 2 is 1.83 bits per heavy atom. The van der Waals surface area contributed by atoms with Crippen LogP contribution in [0.1, 0.15) is 34.0 Å². The molecule has 2 aromatic rings. The lowest BCUT2D eigenvalue weighted by atomic mass is 10.0. The van der Waals surface area contributed by atoms with Crippen LogP contribution in [0.4, 0.5) is 5.69 Å². The molecular weight excluding hydrogens is 294 g/mol. The van der Waals surface area contributed by atoms with Crippen LogP contribution in [0.25, 0.3) is 0 Å². The van der Waals surface area contributed by atoms with Gasteiger partial charge in [-0.3, -0.25) is 14.9 Å². The van der Waals surface area contributed by atoms with Crippen LogP contribution in [0.5, 0.6) is 0 Å². The Balaban J connectivity index is 2.22. The van der Waals surface area contributed by atoms with Gasteiger partial charge in [0.25, 0.3) is 11.6 Å². The highest BCUT2D eigenvalue weighted by atomic mass is 16.6. The summed E-state index contributed by atoms with van der Waals surface area (Å²) in [6.07, 6.45) is 0. The lowest BCUT2D eigenvalue weighted by Gasteiger charge is -2.07. The lowest BCUT2D eigenvalue weighted by Crippen LogP contribution is -2.20. The number of nitro benzene ring substituents is 1. The van der Waals surface area contributed by atoms with E-state index in [1.807, 2.05) is 32.0 Å². The summed E-state index contributed by atoms with van der Waals surface area (Å²) in [4.78, 5) is 22.5. The lowest BCUT2D eigenvalue weighted by molar-refractivity contribution is -0.385. The van der Waals surface area contributed by atoms with Gasteiger partial charge in [0.2, 0.25) is 0 Å². The number of hydrazone groups is 1. The first kappa shape index (κ1) is 16.4. The number of aryl methyl sites for hydroxylation is 2. The van der Waals surface area contributed by atoms with Crippen LogP contribution in [0.2, 0.25) is 0 Å². The van der Waals surface area contributed by atoms with Crippen molar-refractivity contribution in [2.24, 2.45) is 5.10 Å². The smallest absolute Gasteiger partial charge is 0.267 e. The summed E-state index contributed by atoms with van der Waals surface area (Å²) in [6, 6.07) is 11.7. The zero-order valence-corrected chi connectivity index (χ0v) is 13.2. The third-order valence-corrected chi connectivity index (χ3v) is 3.44. The summed E-state index contributed by atoms with van der Waals surface area (Å²) < 4.78 is 0. The van der Waals surface area contributed by atoms with Gasteiger partial charge in [-0.25, -0.2) is 5.43 Å². The Labute approximate surface area is 134 Å². The monoisotopic (exact) mass is 311 g/mol. The van der Waals surface area contributed by atoms with E-state index >= 15 is 0 Å².